The molecule has 0 saturated carbocycles. The van der Waals surface area contributed by atoms with Crippen molar-refractivity contribution >= 4 is 12.6 Å². The zero-order valence-electron chi connectivity index (χ0n) is 12.0. The zero-order chi connectivity index (χ0) is 17.3. The molecule has 23 heavy (non-hydrogen) atoms. The number of thiol groups is 1. The van der Waals surface area contributed by atoms with Crippen LogP contribution >= 0.6 is 12.6 Å². The average Bonchev–Trinajstić information content (AvgIpc) is 2.55. The van der Waals surface area contributed by atoms with Crippen molar-refractivity contribution in [2.45, 2.75) is 61.4 Å². The second kappa shape index (κ2) is 7.89. The van der Waals surface area contributed by atoms with E-state index < -0.39 is 68.0 Å². The maximum atomic E-state index is 9.98. The maximum Gasteiger partial charge on any atom is 0.187 e. The Morgan fingerprint density at radius 1 is 0.783 bits per heavy atom. The molecule has 0 bridgehead atoms. The highest BCUT2D eigenvalue weighted by Gasteiger charge is 2.49. The highest BCUT2D eigenvalue weighted by atomic mass is 32.1. The van der Waals surface area contributed by atoms with Gasteiger partial charge in [-0.15, -0.1) is 0 Å². The molecule has 0 radical (unpaired) electrons. The van der Waals surface area contributed by atoms with Crippen molar-refractivity contribution < 1.29 is 50.0 Å². The molecule has 2 saturated heterocycles. The van der Waals surface area contributed by atoms with E-state index in [9.17, 15) is 35.7 Å². The summed E-state index contributed by atoms with van der Waals surface area (Å²) >= 11 is 3.96. The Kier molecular flexibility index (Phi) is 6.61. The van der Waals surface area contributed by atoms with Crippen LogP contribution in [-0.4, -0.2) is 110 Å². The lowest BCUT2D eigenvalue weighted by atomic mass is 9.97. The third kappa shape index (κ3) is 3.80. The first kappa shape index (κ1) is 19.3. The molecule has 7 N–H and O–H groups in total. The van der Waals surface area contributed by atoms with Crippen LogP contribution in [0.15, 0.2) is 0 Å². The lowest BCUT2D eigenvalue weighted by Crippen LogP contribution is -2.64. The van der Waals surface area contributed by atoms with Gasteiger partial charge in [0, 0.05) is 5.75 Å². The minimum absolute atomic E-state index is 0.0271. The topological polar surface area (TPSA) is 169 Å². The van der Waals surface area contributed by atoms with Crippen LogP contribution in [0.25, 0.3) is 0 Å². The van der Waals surface area contributed by atoms with Crippen LogP contribution in [0, 0.1) is 0 Å². The summed E-state index contributed by atoms with van der Waals surface area (Å²) in [5.41, 5.74) is 0. The molecule has 0 aromatic carbocycles. The molecule has 2 rings (SSSR count). The van der Waals surface area contributed by atoms with Crippen LogP contribution < -0.4 is 0 Å². The smallest absolute Gasteiger partial charge is 0.187 e. The Morgan fingerprint density at radius 3 is 2.00 bits per heavy atom. The highest BCUT2D eigenvalue weighted by Crippen LogP contribution is 2.28. The Balaban J connectivity index is 2.11. The Bertz CT molecular complexity index is 383. The summed E-state index contributed by atoms with van der Waals surface area (Å²) in [5, 5.41) is 67.7. The molecule has 2 fully saturated rings. The number of rotatable bonds is 4. The van der Waals surface area contributed by atoms with Crippen molar-refractivity contribution in [1.82, 2.24) is 0 Å². The van der Waals surface area contributed by atoms with Gasteiger partial charge in [0.2, 0.25) is 0 Å². The van der Waals surface area contributed by atoms with Gasteiger partial charge in [-0.05, 0) is 0 Å². The lowest BCUT2D eigenvalue weighted by molar-refractivity contribution is -0.351. The molecule has 10 unspecified atom stereocenters. The lowest BCUT2D eigenvalue weighted by Gasteiger charge is -2.45. The van der Waals surface area contributed by atoms with E-state index in [4.69, 9.17) is 14.2 Å². The molecule has 0 spiro atoms. The van der Waals surface area contributed by atoms with Crippen molar-refractivity contribution in [2.75, 3.05) is 12.4 Å². The van der Waals surface area contributed by atoms with Gasteiger partial charge >= 0.3 is 0 Å². The quantitative estimate of drug-likeness (QED) is 0.229. The van der Waals surface area contributed by atoms with Crippen LogP contribution in [0.5, 0.6) is 0 Å². The van der Waals surface area contributed by atoms with Crippen LogP contribution in [0.3, 0.4) is 0 Å². The second-order valence-corrected chi connectivity index (χ2v) is 5.89. The van der Waals surface area contributed by atoms with E-state index in [2.05, 4.69) is 12.6 Å². The first-order valence-electron chi connectivity index (χ1n) is 7.08. The van der Waals surface area contributed by atoms with Crippen LogP contribution in [0.4, 0.5) is 0 Å². The monoisotopic (exact) mass is 358 g/mol. The standard InChI is InChI=1S/C12H22O10S/c13-1-3-10(7(16)8(17)11(19)20-3)22-12-9(18)6(15)5(14)4(2-23)21-12/h3-19,23H,1-2H2. The number of hydrogen-bond acceptors (Lipinski definition) is 11. The van der Waals surface area contributed by atoms with Gasteiger partial charge < -0.3 is 50.0 Å². The van der Waals surface area contributed by atoms with Crippen LogP contribution in [0.2, 0.25) is 0 Å². The fourth-order valence-electron chi connectivity index (χ4n) is 2.57. The van der Waals surface area contributed by atoms with Crippen molar-refractivity contribution in [3.63, 3.8) is 0 Å². The second-order valence-electron chi connectivity index (χ2n) is 5.53. The van der Waals surface area contributed by atoms with Crippen molar-refractivity contribution in [3.05, 3.63) is 0 Å². The molecule has 11 heteroatoms. The van der Waals surface area contributed by atoms with Crippen molar-refractivity contribution in [3.8, 4) is 0 Å². The van der Waals surface area contributed by atoms with Gasteiger partial charge in [-0.25, -0.2) is 0 Å². The van der Waals surface area contributed by atoms with Crippen molar-refractivity contribution in [1.29, 1.82) is 0 Å². The Morgan fingerprint density at radius 2 is 1.43 bits per heavy atom. The molecule has 2 aliphatic rings. The number of aliphatic hydroxyl groups excluding tert-OH is 7. The van der Waals surface area contributed by atoms with E-state index in [0.29, 0.717) is 0 Å². The summed E-state index contributed by atoms with van der Waals surface area (Å²) in [6.07, 6.45) is -14.6. The average molecular weight is 358 g/mol. The Labute approximate surface area is 137 Å². The van der Waals surface area contributed by atoms with Crippen molar-refractivity contribution in [2.24, 2.45) is 0 Å². The SMILES string of the molecule is OCC1OC(O)C(O)C(O)C1OC1OC(CS)C(O)C(O)C1O. The molecule has 2 heterocycles. The molecule has 0 aliphatic carbocycles. The van der Waals surface area contributed by atoms with Gasteiger partial charge in [-0.2, -0.15) is 12.6 Å². The zero-order valence-corrected chi connectivity index (χ0v) is 12.9. The first-order valence-corrected chi connectivity index (χ1v) is 7.71. The van der Waals surface area contributed by atoms with Gasteiger partial charge in [0.25, 0.3) is 0 Å². The minimum Gasteiger partial charge on any atom is -0.394 e. The first-order chi connectivity index (χ1) is 10.8. The molecule has 10 atom stereocenters. The van der Waals surface area contributed by atoms with E-state index in [-0.39, 0.29) is 5.75 Å². The normalized spacial score (nSPS) is 51.7. The summed E-state index contributed by atoms with van der Waals surface area (Å²) in [5.74, 6) is 0.0271. The van der Waals surface area contributed by atoms with Gasteiger partial charge in [0.05, 0.1) is 12.7 Å². The fraction of sp³-hybridized carbons (Fsp3) is 1.00. The summed E-state index contributed by atoms with van der Waals surface area (Å²) in [7, 11) is 0. The molecule has 0 aromatic rings. The van der Waals surface area contributed by atoms with Gasteiger partial charge in [-0.3, -0.25) is 0 Å². The van der Waals surface area contributed by atoms with E-state index >= 15 is 0 Å². The molecule has 2 aliphatic heterocycles. The van der Waals surface area contributed by atoms with Gasteiger partial charge in [-0.1, -0.05) is 0 Å². The molecule has 136 valence electrons. The molecule has 10 nitrogen and oxygen atoms in total. The van der Waals surface area contributed by atoms with E-state index in [1.165, 1.54) is 0 Å². The minimum atomic E-state index is -1.71. The number of aliphatic hydroxyl groups is 7. The molecule has 0 aromatic heterocycles. The van der Waals surface area contributed by atoms with E-state index in [1.807, 2.05) is 0 Å². The molecular formula is C12H22O10S. The van der Waals surface area contributed by atoms with E-state index in [1.54, 1.807) is 0 Å². The van der Waals surface area contributed by atoms with Gasteiger partial charge in [0.15, 0.2) is 12.6 Å². The van der Waals surface area contributed by atoms with Gasteiger partial charge in [0.1, 0.15) is 42.7 Å². The third-order valence-corrected chi connectivity index (χ3v) is 4.34. The van der Waals surface area contributed by atoms with Crippen LogP contribution in [0.1, 0.15) is 0 Å². The third-order valence-electron chi connectivity index (χ3n) is 3.98. The predicted molar refractivity (Wildman–Crippen MR) is 75.4 cm³/mol. The Hall–Kier alpha value is -0.0500. The number of hydrogen-bond donors (Lipinski definition) is 8. The number of ether oxygens (including phenoxy) is 3. The fourth-order valence-corrected chi connectivity index (χ4v) is 2.87. The largest absolute Gasteiger partial charge is 0.394 e. The van der Waals surface area contributed by atoms with E-state index in [0.717, 1.165) is 0 Å². The molecular weight excluding hydrogens is 336 g/mol. The summed E-state index contributed by atoms with van der Waals surface area (Å²) in [6, 6.07) is 0. The summed E-state index contributed by atoms with van der Waals surface area (Å²) in [4.78, 5) is 0. The summed E-state index contributed by atoms with van der Waals surface area (Å²) in [6.45, 7) is -0.643. The molecule has 0 amide bonds. The summed E-state index contributed by atoms with van der Waals surface area (Å²) < 4.78 is 15.5. The predicted octanol–water partition coefficient (Wildman–Crippen LogP) is -4.46. The highest BCUT2D eigenvalue weighted by molar-refractivity contribution is 7.80. The maximum absolute atomic E-state index is 9.98. The van der Waals surface area contributed by atoms with Crippen LogP contribution in [-0.2, 0) is 14.2 Å².